The molecule has 0 fully saturated rings. The molecule has 0 saturated heterocycles. The van der Waals surface area contributed by atoms with Crippen LogP contribution in [-0.2, 0) is 10.0 Å². The molecular formula is C20H22N4O5S. The van der Waals surface area contributed by atoms with E-state index >= 15 is 0 Å². The molecular weight excluding hydrogens is 408 g/mol. The summed E-state index contributed by atoms with van der Waals surface area (Å²) in [7, 11) is -1.38. The lowest BCUT2D eigenvalue weighted by Crippen LogP contribution is -2.37. The summed E-state index contributed by atoms with van der Waals surface area (Å²) in [5.74, 6) is -0.639. The fourth-order valence-electron chi connectivity index (χ4n) is 2.96. The maximum absolute atomic E-state index is 12.3. The minimum absolute atomic E-state index is 0.0379. The first-order valence-electron chi connectivity index (χ1n) is 9.20. The van der Waals surface area contributed by atoms with Gasteiger partial charge in [-0.15, -0.1) is 0 Å². The summed E-state index contributed by atoms with van der Waals surface area (Å²) in [6.45, 7) is 1.94. The zero-order valence-corrected chi connectivity index (χ0v) is 17.5. The van der Waals surface area contributed by atoms with Crippen molar-refractivity contribution in [3.63, 3.8) is 0 Å². The van der Waals surface area contributed by atoms with Gasteiger partial charge in [0.05, 0.1) is 11.7 Å². The summed E-state index contributed by atoms with van der Waals surface area (Å²) >= 11 is 0. The van der Waals surface area contributed by atoms with E-state index in [-0.39, 0.29) is 23.1 Å². The van der Waals surface area contributed by atoms with Gasteiger partial charge < -0.3 is 15.7 Å². The summed E-state index contributed by atoms with van der Waals surface area (Å²) in [4.78, 5) is 28.0. The fraction of sp³-hybridized carbons (Fsp3) is 0.250. The molecule has 0 radical (unpaired) electrons. The average Bonchev–Trinajstić information content (AvgIpc) is 2.74. The zero-order chi connectivity index (χ0) is 22.1. The average molecular weight is 430 g/mol. The van der Waals surface area contributed by atoms with E-state index < -0.39 is 31.7 Å². The molecule has 0 aliphatic heterocycles. The van der Waals surface area contributed by atoms with Crippen molar-refractivity contribution in [1.29, 1.82) is 0 Å². The Bertz CT molecular complexity index is 1230. The van der Waals surface area contributed by atoms with Gasteiger partial charge in [0.2, 0.25) is 5.03 Å². The van der Waals surface area contributed by atoms with Crippen LogP contribution in [0.2, 0.25) is 0 Å². The van der Waals surface area contributed by atoms with E-state index in [4.69, 9.17) is 0 Å². The molecule has 0 amide bonds. The number of hydrogen-bond donors (Lipinski definition) is 3. The first kappa shape index (κ1) is 21.5. The van der Waals surface area contributed by atoms with Gasteiger partial charge >= 0.3 is 0 Å². The van der Waals surface area contributed by atoms with E-state index in [0.717, 1.165) is 9.87 Å². The first-order chi connectivity index (χ1) is 14.2. The largest absolute Gasteiger partial charge is 0.503 e. The Kier molecular flexibility index (Phi) is 5.90. The number of hydrogen-bond acceptors (Lipinski definition) is 8. The van der Waals surface area contributed by atoms with Gasteiger partial charge in [-0.2, -0.15) is 0 Å². The summed E-state index contributed by atoms with van der Waals surface area (Å²) in [6.07, 6.45) is 1.85. The van der Waals surface area contributed by atoms with Crippen molar-refractivity contribution in [2.45, 2.75) is 24.4 Å². The molecule has 30 heavy (non-hydrogen) atoms. The van der Waals surface area contributed by atoms with Gasteiger partial charge in [-0.25, -0.2) is 17.7 Å². The van der Waals surface area contributed by atoms with Gasteiger partial charge in [0.1, 0.15) is 11.4 Å². The van der Waals surface area contributed by atoms with Crippen molar-refractivity contribution in [3.8, 4) is 5.75 Å². The normalized spacial score (nSPS) is 12.8. The monoisotopic (exact) mass is 430 g/mol. The highest BCUT2D eigenvalue weighted by Crippen LogP contribution is 2.34. The molecule has 1 aromatic heterocycles. The fourth-order valence-corrected chi connectivity index (χ4v) is 3.86. The van der Waals surface area contributed by atoms with Gasteiger partial charge in [-0.3, -0.25) is 9.59 Å². The number of aromatic hydroxyl groups is 1. The molecule has 158 valence electrons. The zero-order valence-electron chi connectivity index (χ0n) is 16.7. The lowest BCUT2D eigenvalue weighted by Gasteiger charge is -2.22. The molecule has 9 nitrogen and oxygen atoms in total. The van der Waals surface area contributed by atoms with Crippen LogP contribution in [0.1, 0.15) is 24.9 Å². The third kappa shape index (κ3) is 3.79. The highest BCUT2D eigenvalue weighted by atomic mass is 32.2. The molecule has 2 aromatic carbocycles. The van der Waals surface area contributed by atoms with Crippen LogP contribution < -0.4 is 21.5 Å². The number of pyridine rings is 1. The Labute approximate surface area is 173 Å². The third-order valence-corrected chi connectivity index (χ3v) is 6.46. The molecule has 1 unspecified atom stereocenters. The number of rotatable bonds is 8. The second-order valence-electron chi connectivity index (χ2n) is 6.85. The topological polar surface area (TPSA) is 129 Å². The number of nitrogens with one attached hydrogen (secondary N) is 2. The molecule has 1 heterocycles. The van der Waals surface area contributed by atoms with Crippen molar-refractivity contribution >= 4 is 27.1 Å². The number of benzene rings is 1. The second kappa shape index (κ2) is 8.25. The number of aromatic nitrogens is 1. The lowest BCUT2D eigenvalue weighted by atomic mass is 10.0. The summed E-state index contributed by atoms with van der Waals surface area (Å²) in [6, 6.07) is 10.6. The Hall–Kier alpha value is -3.24. The van der Waals surface area contributed by atoms with E-state index in [0.29, 0.717) is 6.42 Å². The maximum atomic E-state index is 12.3. The first-order valence-corrected chi connectivity index (χ1v) is 10.6. The molecule has 3 N–H and O–H groups in total. The molecule has 3 rings (SSSR count). The third-order valence-electron chi connectivity index (χ3n) is 4.71. The van der Waals surface area contributed by atoms with E-state index in [2.05, 4.69) is 15.6 Å². The maximum Gasteiger partial charge on any atom is 0.263 e. The van der Waals surface area contributed by atoms with Crippen molar-refractivity contribution < 1.29 is 13.5 Å². The number of nitrogens with zero attached hydrogens (tertiary/aromatic N) is 2. The predicted octanol–water partition coefficient (Wildman–Crippen LogP) is 1.94. The van der Waals surface area contributed by atoms with E-state index in [1.807, 2.05) is 37.3 Å². The van der Waals surface area contributed by atoms with Gasteiger partial charge in [-0.05, 0) is 18.1 Å². The van der Waals surface area contributed by atoms with Crippen LogP contribution in [0.3, 0.4) is 0 Å². The molecule has 3 aromatic rings. The SMILES string of the molecule is CCC(Nc1c(Nc2ccnc(S(=O)(=O)N(C)C)c2O)c(=O)c1=O)c1ccccc1. The van der Waals surface area contributed by atoms with Gasteiger partial charge in [0.15, 0.2) is 5.75 Å². The number of anilines is 3. The Morgan fingerprint density at radius 1 is 1.07 bits per heavy atom. The molecule has 0 spiro atoms. The predicted molar refractivity (Wildman–Crippen MR) is 115 cm³/mol. The van der Waals surface area contributed by atoms with Crippen molar-refractivity contribution in [2.75, 3.05) is 24.7 Å². The van der Waals surface area contributed by atoms with Gasteiger partial charge in [0, 0.05) is 20.3 Å². The van der Waals surface area contributed by atoms with Crippen LogP contribution in [0, 0.1) is 0 Å². The van der Waals surface area contributed by atoms with Crippen LogP contribution in [-0.4, -0.2) is 36.9 Å². The van der Waals surface area contributed by atoms with E-state index in [9.17, 15) is 23.1 Å². The van der Waals surface area contributed by atoms with Crippen LogP contribution in [0.5, 0.6) is 5.75 Å². The smallest absolute Gasteiger partial charge is 0.263 e. The molecule has 0 bridgehead atoms. The molecule has 0 aliphatic rings. The summed E-state index contributed by atoms with van der Waals surface area (Å²) in [5.41, 5.74) is -0.485. The quantitative estimate of drug-likeness (QED) is 0.463. The van der Waals surface area contributed by atoms with Gasteiger partial charge in [-0.1, -0.05) is 37.3 Å². The summed E-state index contributed by atoms with van der Waals surface area (Å²) in [5, 5.41) is 15.6. The minimum Gasteiger partial charge on any atom is -0.503 e. The van der Waals surface area contributed by atoms with Crippen molar-refractivity contribution in [2.24, 2.45) is 0 Å². The van der Waals surface area contributed by atoms with Crippen LogP contribution >= 0.6 is 0 Å². The van der Waals surface area contributed by atoms with Crippen LogP contribution in [0.25, 0.3) is 0 Å². The Balaban J connectivity index is 1.94. The van der Waals surface area contributed by atoms with Crippen LogP contribution in [0.15, 0.2) is 57.2 Å². The molecule has 1 atom stereocenters. The van der Waals surface area contributed by atoms with Crippen molar-refractivity contribution in [3.05, 3.63) is 68.6 Å². The molecule has 10 heteroatoms. The van der Waals surface area contributed by atoms with E-state index in [1.165, 1.54) is 26.4 Å². The number of sulfonamides is 1. The molecule has 0 saturated carbocycles. The molecule has 0 aliphatic carbocycles. The van der Waals surface area contributed by atoms with Crippen molar-refractivity contribution in [1.82, 2.24) is 9.29 Å². The lowest BCUT2D eigenvalue weighted by molar-refractivity contribution is 0.447. The Morgan fingerprint density at radius 2 is 1.70 bits per heavy atom. The Morgan fingerprint density at radius 3 is 2.30 bits per heavy atom. The summed E-state index contributed by atoms with van der Waals surface area (Å²) < 4.78 is 25.6. The highest BCUT2D eigenvalue weighted by molar-refractivity contribution is 7.89. The standard InChI is InChI=1S/C20H22N4O5S/c1-4-13(12-8-6-5-7-9-12)22-15-16(19(27)18(15)26)23-14-10-11-21-20(17(14)25)30(28,29)24(2)3/h5-11,13,22,25H,4H2,1-3H3,(H,21,23). The van der Waals surface area contributed by atoms with Crippen LogP contribution in [0.4, 0.5) is 17.1 Å². The second-order valence-corrected chi connectivity index (χ2v) is 8.92. The van der Waals surface area contributed by atoms with E-state index in [1.54, 1.807) is 0 Å². The highest BCUT2D eigenvalue weighted by Gasteiger charge is 2.28. The minimum atomic E-state index is -4.00. The van der Waals surface area contributed by atoms with Gasteiger partial charge in [0.25, 0.3) is 20.9 Å².